The van der Waals surface area contributed by atoms with Crippen molar-refractivity contribution in [2.45, 2.75) is 71.6 Å². The van der Waals surface area contributed by atoms with Crippen LogP contribution in [0.15, 0.2) is 0 Å². The van der Waals surface area contributed by atoms with Crippen molar-refractivity contribution >= 4 is 17.9 Å². The summed E-state index contributed by atoms with van der Waals surface area (Å²) in [5, 5.41) is 3.05. The van der Waals surface area contributed by atoms with Crippen LogP contribution in [0, 0.1) is 5.92 Å². The lowest BCUT2D eigenvalue weighted by atomic mass is 10.0. The zero-order valence-corrected chi connectivity index (χ0v) is 16.0. The van der Waals surface area contributed by atoms with Gasteiger partial charge in [-0.05, 0) is 47.5 Å². The summed E-state index contributed by atoms with van der Waals surface area (Å²) in [4.78, 5) is 39.9. The molecule has 2 fully saturated rings. The van der Waals surface area contributed by atoms with Crippen LogP contribution in [0.5, 0.6) is 0 Å². The van der Waals surface area contributed by atoms with Crippen LogP contribution in [0.25, 0.3) is 0 Å². The van der Waals surface area contributed by atoms with Crippen LogP contribution in [0.2, 0.25) is 0 Å². The summed E-state index contributed by atoms with van der Waals surface area (Å²) in [6.07, 6.45) is 1.41. The van der Waals surface area contributed by atoms with Crippen LogP contribution >= 0.6 is 0 Å². The second kappa shape index (κ2) is 7.62. The van der Waals surface area contributed by atoms with Gasteiger partial charge in [0, 0.05) is 38.1 Å². The molecule has 2 heterocycles. The van der Waals surface area contributed by atoms with E-state index in [1.54, 1.807) is 9.80 Å². The number of hydrogen-bond donors (Lipinski definition) is 1. The Morgan fingerprint density at radius 3 is 2.28 bits per heavy atom. The SMILES string of the molecule is CC(C)N1CC(C(=O)NC2CCN(C(=O)OC(C)(C)C)CC2)CC1=O. The minimum Gasteiger partial charge on any atom is -0.444 e. The molecular formula is C18H31N3O4. The molecule has 2 saturated heterocycles. The van der Waals surface area contributed by atoms with E-state index in [0.717, 1.165) is 0 Å². The fourth-order valence-corrected chi connectivity index (χ4v) is 3.26. The van der Waals surface area contributed by atoms with Gasteiger partial charge in [0.2, 0.25) is 11.8 Å². The number of amides is 3. The number of nitrogens with one attached hydrogen (secondary N) is 1. The zero-order valence-electron chi connectivity index (χ0n) is 16.0. The molecule has 7 nitrogen and oxygen atoms in total. The van der Waals surface area contributed by atoms with Gasteiger partial charge in [0.25, 0.3) is 0 Å². The molecular weight excluding hydrogens is 322 g/mol. The van der Waals surface area contributed by atoms with Gasteiger partial charge in [0.1, 0.15) is 5.60 Å². The molecule has 0 aromatic heterocycles. The van der Waals surface area contributed by atoms with E-state index in [0.29, 0.717) is 38.9 Å². The Morgan fingerprint density at radius 2 is 1.80 bits per heavy atom. The van der Waals surface area contributed by atoms with E-state index in [4.69, 9.17) is 4.74 Å². The maximum absolute atomic E-state index is 12.4. The first kappa shape index (κ1) is 19.5. The molecule has 0 aromatic carbocycles. The van der Waals surface area contributed by atoms with Crippen molar-refractivity contribution in [3.8, 4) is 0 Å². The molecule has 0 spiro atoms. The van der Waals surface area contributed by atoms with Gasteiger partial charge in [-0.1, -0.05) is 0 Å². The molecule has 0 aliphatic carbocycles. The molecule has 7 heteroatoms. The Bertz CT molecular complexity index is 519. The van der Waals surface area contributed by atoms with E-state index in [1.807, 2.05) is 34.6 Å². The number of nitrogens with zero attached hydrogens (tertiary/aromatic N) is 2. The highest BCUT2D eigenvalue weighted by Gasteiger charge is 2.36. The third-order valence-electron chi connectivity index (χ3n) is 4.65. The summed E-state index contributed by atoms with van der Waals surface area (Å²) in [6, 6.07) is 0.178. The fourth-order valence-electron chi connectivity index (χ4n) is 3.26. The predicted octanol–water partition coefficient (Wildman–Crippen LogP) is 1.76. The molecule has 0 saturated carbocycles. The molecule has 0 aromatic rings. The van der Waals surface area contributed by atoms with E-state index < -0.39 is 5.60 Å². The number of likely N-dealkylation sites (tertiary alicyclic amines) is 2. The van der Waals surface area contributed by atoms with Crippen LogP contribution in [0.1, 0.15) is 53.9 Å². The Labute approximate surface area is 150 Å². The summed E-state index contributed by atoms with van der Waals surface area (Å²) >= 11 is 0. The van der Waals surface area contributed by atoms with Crippen LogP contribution in [-0.4, -0.2) is 65.0 Å². The average molecular weight is 353 g/mol. The summed E-state index contributed by atoms with van der Waals surface area (Å²) in [5.74, 6) is -0.263. The molecule has 1 unspecified atom stereocenters. The van der Waals surface area contributed by atoms with E-state index in [-0.39, 0.29) is 35.9 Å². The van der Waals surface area contributed by atoms with Gasteiger partial charge in [-0.25, -0.2) is 4.79 Å². The van der Waals surface area contributed by atoms with Crippen molar-refractivity contribution < 1.29 is 19.1 Å². The first-order chi connectivity index (χ1) is 11.6. The lowest BCUT2D eigenvalue weighted by Crippen LogP contribution is -2.49. The van der Waals surface area contributed by atoms with E-state index in [9.17, 15) is 14.4 Å². The lowest BCUT2D eigenvalue weighted by Gasteiger charge is -2.34. The molecule has 1 N–H and O–H groups in total. The maximum Gasteiger partial charge on any atom is 0.410 e. The summed E-state index contributed by atoms with van der Waals surface area (Å²) in [7, 11) is 0. The van der Waals surface area contributed by atoms with Gasteiger partial charge >= 0.3 is 6.09 Å². The molecule has 0 radical (unpaired) electrons. The van der Waals surface area contributed by atoms with Gasteiger partial charge in [-0.2, -0.15) is 0 Å². The van der Waals surface area contributed by atoms with Gasteiger partial charge in [-0.15, -0.1) is 0 Å². The number of piperidine rings is 1. The number of rotatable bonds is 3. The topological polar surface area (TPSA) is 79.0 Å². The maximum atomic E-state index is 12.4. The van der Waals surface area contributed by atoms with Crippen molar-refractivity contribution in [3.63, 3.8) is 0 Å². The molecule has 0 bridgehead atoms. The monoisotopic (exact) mass is 353 g/mol. The predicted molar refractivity (Wildman–Crippen MR) is 93.9 cm³/mol. The van der Waals surface area contributed by atoms with E-state index in [1.165, 1.54) is 0 Å². The number of carbonyl (C=O) groups is 3. The second-order valence-electron chi connectivity index (χ2n) is 8.29. The van der Waals surface area contributed by atoms with Gasteiger partial charge in [0.15, 0.2) is 0 Å². The highest BCUT2D eigenvalue weighted by Crippen LogP contribution is 2.21. The number of carbonyl (C=O) groups excluding carboxylic acids is 3. The normalized spacial score (nSPS) is 22.5. The van der Waals surface area contributed by atoms with E-state index >= 15 is 0 Å². The number of hydrogen-bond acceptors (Lipinski definition) is 4. The molecule has 1 atom stereocenters. The van der Waals surface area contributed by atoms with Crippen LogP contribution in [0.3, 0.4) is 0 Å². The third-order valence-corrected chi connectivity index (χ3v) is 4.65. The lowest BCUT2D eigenvalue weighted by molar-refractivity contribution is -0.130. The minimum atomic E-state index is -0.501. The Morgan fingerprint density at radius 1 is 1.20 bits per heavy atom. The van der Waals surface area contributed by atoms with Crippen molar-refractivity contribution in [1.82, 2.24) is 15.1 Å². The molecule has 2 aliphatic heterocycles. The standard InChI is InChI=1S/C18H31N3O4/c1-12(2)21-11-13(10-15(21)22)16(23)19-14-6-8-20(9-7-14)17(24)25-18(3,4)5/h12-14H,6-11H2,1-5H3,(H,19,23). The first-order valence-corrected chi connectivity index (χ1v) is 9.14. The third kappa shape index (κ3) is 5.34. The Hall–Kier alpha value is -1.79. The van der Waals surface area contributed by atoms with Crippen LogP contribution in [0.4, 0.5) is 4.79 Å². The summed E-state index contributed by atoms with van der Waals surface area (Å²) in [6.45, 7) is 11.1. The Kier molecular flexibility index (Phi) is 5.95. The van der Waals surface area contributed by atoms with Gasteiger partial charge in [0.05, 0.1) is 5.92 Å². The summed E-state index contributed by atoms with van der Waals surface area (Å²) < 4.78 is 5.38. The second-order valence-corrected chi connectivity index (χ2v) is 8.29. The van der Waals surface area contributed by atoms with E-state index in [2.05, 4.69) is 5.32 Å². The zero-order chi connectivity index (χ0) is 18.8. The van der Waals surface area contributed by atoms with Crippen LogP contribution in [-0.2, 0) is 14.3 Å². The van der Waals surface area contributed by atoms with Gasteiger partial charge in [-0.3, -0.25) is 9.59 Å². The summed E-state index contributed by atoms with van der Waals surface area (Å²) in [5.41, 5.74) is -0.501. The molecule has 2 aliphatic rings. The Balaban J connectivity index is 1.78. The molecule has 142 valence electrons. The van der Waals surface area contributed by atoms with Crippen LogP contribution < -0.4 is 5.32 Å². The largest absolute Gasteiger partial charge is 0.444 e. The fraction of sp³-hybridized carbons (Fsp3) is 0.833. The number of ether oxygens (including phenoxy) is 1. The highest BCUT2D eigenvalue weighted by molar-refractivity contribution is 5.89. The van der Waals surface area contributed by atoms with Crippen molar-refractivity contribution in [1.29, 1.82) is 0 Å². The molecule has 25 heavy (non-hydrogen) atoms. The van der Waals surface area contributed by atoms with Crippen molar-refractivity contribution in [2.24, 2.45) is 5.92 Å². The quantitative estimate of drug-likeness (QED) is 0.838. The average Bonchev–Trinajstić information content (AvgIpc) is 2.88. The molecule has 2 rings (SSSR count). The minimum absolute atomic E-state index is 0.0489. The first-order valence-electron chi connectivity index (χ1n) is 9.14. The highest BCUT2D eigenvalue weighted by atomic mass is 16.6. The van der Waals surface area contributed by atoms with Crippen molar-refractivity contribution in [2.75, 3.05) is 19.6 Å². The smallest absolute Gasteiger partial charge is 0.410 e. The van der Waals surface area contributed by atoms with Crippen molar-refractivity contribution in [3.05, 3.63) is 0 Å². The van der Waals surface area contributed by atoms with Gasteiger partial charge < -0.3 is 19.9 Å². The molecule has 3 amide bonds.